The van der Waals surface area contributed by atoms with Crippen LogP contribution in [0.25, 0.3) is 0 Å². The summed E-state index contributed by atoms with van der Waals surface area (Å²) in [6.45, 7) is 1.15. The highest BCUT2D eigenvalue weighted by Crippen LogP contribution is 2.49. The largest absolute Gasteiger partial charge is 0.399 e. The van der Waals surface area contributed by atoms with Gasteiger partial charge in [0.2, 0.25) is 0 Å². The van der Waals surface area contributed by atoms with E-state index in [0.29, 0.717) is 0 Å². The van der Waals surface area contributed by atoms with Crippen molar-refractivity contribution in [3.63, 3.8) is 0 Å². The number of rotatable bonds is 5. The van der Waals surface area contributed by atoms with Crippen molar-refractivity contribution >= 4 is 11.4 Å². The zero-order valence-electron chi connectivity index (χ0n) is 9.65. The van der Waals surface area contributed by atoms with Gasteiger partial charge in [-0.05, 0) is 67.7 Å². The van der Waals surface area contributed by atoms with Crippen LogP contribution < -0.4 is 11.1 Å². The van der Waals surface area contributed by atoms with Gasteiger partial charge in [-0.15, -0.1) is 0 Å². The van der Waals surface area contributed by atoms with Crippen molar-refractivity contribution < 1.29 is 0 Å². The highest BCUT2D eigenvalue weighted by molar-refractivity contribution is 5.51. The lowest BCUT2D eigenvalue weighted by Gasteiger charge is -2.17. The van der Waals surface area contributed by atoms with Crippen molar-refractivity contribution in [1.29, 1.82) is 0 Å². The van der Waals surface area contributed by atoms with Crippen LogP contribution in [0, 0.1) is 17.8 Å². The molecule has 0 bridgehead atoms. The van der Waals surface area contributed by atoms with Crippen LogP contribution >= 0.6 is 0 Å². The smallest absolute Gasteiger partial charge is 0.0341 e. The van der Waals surface area contributed by atoms with E-state index in [1.54, 1.807) is 0 Å². The van der Waals surface area contributed by atoms with E-state index in [2.05, 4.69) is 17.4 Å². The summed E-state index contributed by atoms with van der Waals surface area (Å²) in [5, 5.41) is 3.56. The molecule has 0 unspecified atom stereocenters. The molecule has 0 heterocycles. The van der Waals surface area contributed by atoms with Gasteiger partial charge in [0.25, 0.3) is 0 Å². The molecule has 2 saturated carbocycles. The lowest BCUT2D eigenvalue weighted by atomic mass is 9.98. The molecule has 16 heavy (non-hydrogen) atoms. The van der Waals surface area contributed by atoms with Crippen LogP contribution in [0.5, 0.6) is 0 Å². The van der Waals surface area contributed by atoms with Gasteiger partial charge in [-0.2, -0.15) is 0 Å². The fourth-order valence-electron chi connectivity index (χ4n) is 2.60. The Morgan fingerprint density at radius 1 is 1.06 bits per heavy atom. The SMILES string of the molecule is Nc1ccc(NCC(C2CC2)C2CC2)cc1. The van der Waals surface area contributed by atoms with Gasteiger partial charge in [-0.3, -0.25) is 0 Å². The first-order valence-electron chi connectivity index (χ1n) is 6.42. The van der Waals surface area contributed by atoms with Crippen LogP contribution in [-0.4, -0.2) is 6.54 Å². The summed E-state index contributed by atoms with van der Waals surface area (Å²) < 4.78 is 0. The molecule has 3 rings (SSSR count). The third kappa shape index (κ3) is 2.31. The van der Waals surface area contributed by atoms with E-state index in [9.17, 15) is 0 Å². The van der Waals surface area contributed by atoms with Crippen molar-refractivity contribution in [2.24, 2.45) is 17.8 Å². The monoisotopic (exact) mass is 216 g/mol. The Kier molecular flexibility index (Phi) is 2.50. The van der Waals surface area contributed by atoms with Crippen LogP contribution in [0.4, 0.5) is 11.4 Å². The van der Waals surface area contributed by atoms with Gasteiger partial charge < -0.3 is 11.1 Å². The summed E-state index contributed by atoms with van der Waals surface area (Å²) in [4.78, 5) is 0. The Balaban J connectivity index is 1.56. The normalized spacial score (nSPS) is 20.1. The highest BCUT2D eigenvalue weighted by Gasteiger charge is 2.40. The Labute approximate surface area is 97.2 Å². The average Bonchev–Trinajstić information content (AvgIpc) is 3.15. The minimum atomic E-state index is 0.839. The number of nitrogens with two attached hydrogens (primary N) is 1. The molecule has 0 spiro atoms. The van der Waals surface area contributed by atoms with Gasteiger partial charge in [-0.25, -0.2) is 0 Å². The fraction of sp³-hybridized carbons (Fsp3) is 0.571. The molecule has 0 radical (unpaired) electrons. The van der Waals surface area contributed by atoms with E-state index in [4.69, 9.17) is 5.73 Å². The first kappa shape index (κ1) is 10.0. The van der Waals surface area contributed by atoms with Crippen LogP contribution in [0.15, 0.2) is 24.3 Å². The molecule has 86 valence electrons. The van der Waals surface area contributed by atoms with Crippen molar-refractivity contribution in [1.82, 2.24) is 0 Å². The maximum Gasteiger partial charge on any atom is 0.0341 e. The second kappa shape index (κ2) is 4.00. The predicted molar refractivity (Wildman–Crippen MR) is 68.3 cm³/mol. The molecule has 0 aromatic heterocycles. The van der Waals surface area contributed by atoms with Crippen molar-refractivity contribution in [2.45, 2.75) is 25.7 Å². The van der Waals surface area contributed by atoms with Crippen LogP contribution in [-0.2, 0) is 0 Å². The number of anilines is 2. The Morgan fingerprint density at radius 2 is 1.62 bits per heavy atom. The molecular formula is C14H20N2. The number of benzene rings is 1. The number of hydrogen-bond acceptors (Lipinski definition) is 2. The van der Waals surface area contributed by atoms with Gasteiger partial charge in [0.15, 0.2) is 0 Å². The standard InChI is InChI=1S/C14H20N2/c15-12-5-7-13(8-6-12)16-9-14(10-1-2-10)11-3-4-11/h5-8,10-11,14,16H,1-4,9,15H2. The van der Waals surface area contributed by atoms with Gasteiger partial charge in [0, 0.05) is 17.9 Å². The number of nitrogen functional groups attached to an aromatic ring is 1. The number of nitrogens with one attached hydrogen (secondary N) is 1. The molecule has 0 amide bonds. The molecule has 0 atom stereocenters. The Morgan fingerprint density at radius 3 is 2.12 bits per heavy atom. The van der Waals surface area contributed by atoms with Crippen LogP contribution in [0.3, 0.4) is 0 Å². The predicted octanol–water partition coefficient (Wildman–Crippen LogP) is 3.12. The van der Waals surface area contributed by atoms with Crippen LogP contribution in [0.2, 0.25) is 0 Å². The van der Waals surface area contributed by atoms with E-state index in [-0.39, 0.29) is 0 Å². The van der Waals surface area contributed by atoms with Gasteiger partial charge in [0.1, 0.15) is 0 Å². The maximum atomic E-state index is 5.67. The summed E-state index contributed by atoms with van der Waals surface area (Å²) in [6.07, 6.45) is 5.85. The molecule has 2 aliphatic carbocycles. The molecule has 3 N–H and O–H groups in total. The molecule has 2 fully saturated rings. The quantitative estimate of drug-likeness (QED) is 0.742. The topological polar surface area (TPSA) is 38.0 Å². The van der Waals surface area contributed by atoms with Gasteiger partial charge >= 0.3 is 0 Å². The lowest BCUT2D eigenvalue weighted by molar-refractivity contribution is 0.428. The van der Waals surface area contributed by atoms with Crippen LogP contribution in [0.1, 0.15) is 25.7 Å². The first-order valence-corrected chi connectivity index (χ1v) is 6.42. The second-order valence-corrected chi connectivity index (χ2v) is 5.34. The number of hydrogen-bond donors (Lipinski definition) is 2. The van der Waals surface area contributed by atoms with Crippen molar-refractivity contribution in [2.75, 3.05) is 17.6 Å². The zero-order chi connectivity index (χ0) is 11.0. The minimum absolute atomic E-state index is 0.839. The average molecular weight is 216 g/mol. The van der Waals surface area contributed by atoms with Gasteiger partial charge in [-0.1, -0.05) is 0 Å². The Bertz CT molecular complexity index is 338. The van der Waals surface area contributed by atoms with Crippen molar-refractivity contribution in [3.05, 3.63) is 24.3 Å². The molecule has 1 aromatic rings. The fourth-order valence-corrected chi connectivity index (χ4v) is 2.60. The van der Waals surface area contributed by atoms with E-state index in [1.165, 1.54) is 31.4 Å². The molecule has 1 aromatic carbocycles. The van der Waals surface area contributed by atoms with E-state index >= 15 is 0 Å². The first-order chi connectivity index (χ1) is 7.83. The highest BCUT2D eigenvalue weighted by atomic mass is 14.9. The summed E-state index contributed by atoms with van der Waals surface area (Å²) in [5.41, 5.74) is 7.72. The second-order valence-electron chi connectivity index (χ2n) is 5.34. The molecule has 2 heteroatoms. The molecule has 2 aliphatic rings. The third-order valence-corrected chi connectivity index (χ3v) is 3.91. The summed E-state index contributed by atoms with van der Waals surface area (Å²) in [7, 11) is 0. The summed E-state index contributed by atoms with van der Waals surface area (Å²) >= 11 is 0. The van der Waals surface area contributed by atoms with Crippen molar-refractivity contribution in [3.8, 4) is 0 Å². The lowest BCUT2D eigenvalue weighted by Crippen LogP contribution is -2.18. The van der Waals surface area contributed by atoms with E-state index in [0.717, 1.165) is 30.0 Å². The molecular weight excluding hydrogens is 196 g/mol. The molecule has 2 nitrogen and oxygen atoms in total. The maximum absolute atomic E-state index is 5.67. The zero-order valence-corrected chi connectivity index (χ0v) is 9.65. The summed E-state index contributed by atoms with van der Waals surface area (Å²) in [6, 6.07) is 8.08. The summed E-state index contributed by atoms with van der Waals surface area (Å²) in [5.74, 6) is 2.97. The minimum Gasteiger partial charge on any atom is -0.399 e. The molecule has 0 aliphatic heterocycles. The molecule has 0 saturated heterocycles. The Hall–Kier alpha value is -1.18. The van der Waals surface area contributed by atoms with E-state index < -0.39 is 0 Å². The van der Waals surface area contributed by atoms with Gasteiger partial charge in [0.05, 0.1) is 0 Å². The third-order valence-electron chi connectivity index (χ3n) is 3.91. The van der Waals surface area contributed by atoms with E-state index in [1.807, 2.05) is 12.1 Å².